The Morgan fingerprint density at radius 3 is 2.91 bits per heavy atom. The number of amides is 2. The van der Waals surface area contributed by atoms with Crippen molar-refractivity contribution in [1.29, 1.82) is 0 Å². The van der Waals surface area contributed by atoms with Gasteiger partial charge in [0.15, 0.2) is 5.58 Å². The summed E-state index contributed by atoms with van der Waals surface area (Å²) in [5, 5.41) is 6.55. The number of fused-ring (bicyclic) bond motifs is 1. The third kappa shape index (κ3) is 3.73. The molecule has 0 aliphatic rings. The van der Waals surface area contributed by atoms with Crippen molar-refractivity contribution in [1.82, 2.24) is 0 Å². The van der Waals surface area contributed by atoms with E-state index in [-0.39, 0.29) is 6.03 Å². The molecule has 6 heteroatoms. The Bertz CT molecular complexity index is 858. The predicted octanol–water partition coefficient (Wildman–Crippen LogP) is 4.77. The van der Waals surface area contributed by atoms with Crippen molar-refractivity contribution in [3.8, 4) is 0 Å². The smallest absolute Gasteiger partial charge is 0.323 e. The molecular formula is C17H15N3O2S. The molecule has 2 N–H and O–H groups in total. The molecule has 0 bridgehead atoms. The van der Waals surface area contributed by atoms with Crippen LogP contribution in [0, 0.1) is 0 Å². The van der Waals surface area contributed by atoms with E-state index < -0.39 is 0 Å². The van der Waals surface area contributed by atoms with Gasteiger partial charge in [-0.25, -0.2) is 9.19 Å². The Kier molecular flexibility index (Phi) is 4.63. The number of para-hydroxylation sites is 1. The summed E-state index contributed by atoms with van der Waals surface area (Å²) >= 11 is 1.38. The first-order valence-corrected chi connectivity index (χ1v) is 8.15. The molecule has 0 saturated heterocycles. The summed E-state index contributed by atoms with van der Waals surface area (Å²) in [4.78, 5) is 12.2. The summed E-state index contributed by atoms with van der Waals surface area (Å²) < 4.78 is 9.51. The molecule has 3 rings (SSSR count). The first kappa shape index (κ1) is 15.2. The molecule has 0 unspecified atom stereocenters. The van der Waals surface area contributed by atoms with Gasteiger partial charge in [0.2, 0.25) is 0 Å². The van der Waals surface area contributed by atoms with Crippen molar-refractivity contribution in [3.63, 3.8) is 0 Å². The van der Waals surface area contributed by atoms with Crippen molar-refractivity contribution in [3.05, 3.63) is 60.4 Å². The number of rotatable bonds is 4. The molecule has 0 aliphatic carbocycles. The molecule has 2 amide bonds. The zero-order valence-corrected chi connectivity index (χ0v) is 13.3. The summed E-state index contributed by atoms with van der Waals surface area (Å²) in [6.45, 7) is 0. The van der Waals surface area contributed by atoms with Crippen LogP contribution in [0.3, 0.4) is 0 Å². The highest BCUT2D eigenvalue weighted by Gasteiger charge is 2.08. The quantitative estimate of drug-likeness (QED) is 0.536. The van der Waals surface area contributed by atoms with Crippen molar-refractivity contribution < 1.29 is 9.21 Å². The second-order valence-electron chi connectivity index (χ2n) is 4.77. The molecule has 3 aromatic rings. The van der Waals surface area contributed by atoms with Gasteiger partial charge in [0, 0.05) is 23.5 Å². The van der Waals surface area contributed by atoms with Gasteiger partial charge in [-0.2, -0.15) is 0 Å². The van der Waals surface area contributed by atoms with Gasteiger partial charge in [-0.1, -0.05) is 24.3 Å². The van der Waals surface area contributed by atoms with Gasteiger partial charge in [-0.05, 0) is 41.8 Å². The summed E-state index contributed by atoms with van der Waals surface area (Å²) in [7, 11) is 0. The number of carbonyl (C=O) groups is 1. The van der Waals surface area contributed by atoms with Crippen LogP contribution in [0.25, 0.3) is 11.0 Å². The fourth-order valence-electron chi connectivity index (χ4n) is 2.19. The molecule has 1 aromatic heterocycles. The van der Waals surface area contributed by atoms with Crippen molar-refractivity contribution in [2.24, 2.45) is 4.40 Å². The highest BCUT2D eigenvalue weighted by Crippen LogP contribution is 2.24. The number of urea groups is 1. The van der Waals surface area contributed by atoms with Crippen molar-refractivity contribution >= 4 is 46.5 Å². The van der Waals surface area contributed by atoms with E-state index >= 15 is 0 Å². The van der Waals surface area contributed by atoms with E-state index in [2.05, 4.69) is 15.0 Å². The number of nitrogens with one attached hydrogen (secondary N) is 2. The van der Waals surface area contributed by atoms with Crippen LogP contribution in [0.4, 0.5) is 16.2 Å². The van der Waals surface area contributed by atoms with Gasteiger partial charge in [0.25, 0.3) is 0 Å². The highest BCUT2D eigenvalue weighted by atomic mass is 32.2. The van der Waals surface area contributed by atoms with Crippen molar-refractivity contribution in [2.75, 3.05) is 16.9 Å². The molecule has 23 heavy (non-hydrogen) atoms. The molecule has 116 valence electrons. The fraction of sp³-hybridized carbons (Fsp3) is 0.0588. The van der Waals surface area contributed by atoms with E-state index in [0.717, 1.165) is 10.9 Å². The molecule has 0 saturated carbocycles. The molecule has 1 heterocycles. The van der Waals surface area contributed by atoms with E-state index in [1.165, 1.54) is 11.9 Å². The second-order valence-corrected chi connectivity index (χ2v) is 5.34. The molecule has 0 spiro atoms. The van der Waals surface area contributed by atoms with E-state index in [1.807, 2.05) is 48.7 Å². The Hall–Kier alpha value is -2.73. The minimum Gasteiger partial charge on any atom is -0.462 e. The number of anilines is 2. The third-order valence-corrected chi connectivity index (χ3v) is 3.50. The van der Waals surface area contributed by atoms with Crippen LogP contribution < -0.4 is 10.6 Å². The normalized spacial score (nSPS) is 11.0. The Labute approximate surface area is 137 Å². The lowest BCUT2D eigenvalue weighted by Gasteiger charge is -2.08. The largest absolute Gasteiger partial charge is 0.462 e. The molecule has 5 nitrogen and oxygen atoms in total. The van der Waals surface area contributed by atoms with Crippen LogP contribution in [0.5, 0.6) is 0 Å². The van der Waals surface area contributed by atoms with Gasteiger partial charge in [-0.3, -0.25) is 0 Å². The number of nitrogens with zero attached hydrogens (tertiary/aromatic N) is 1. The monoisotopic (exact) mass is 325 g/mol. The van der Waals surface area contributed by atoms with Crippen LogP contribution in [0.1, 0.15) is 5.56 Å². The molecular weight excluding hydrogens is 310 g/mol. The third-order valence-electron chi connectivity index (χ3n) is 3.18. The Morgan fingerprint density at radius 1 is 1.17 bits per heavy atom. The summed E-state index contributed by atoms with van der Waals surface area (Å²) in [5.41, 5.74) is 2.90. The van der Waals surface area contributed by atoms with Gasteiger partial charge >= 0.3 is 6.03 Å². The lowest BCUT2D eigenvalue weighted by molar-refractivity contribution is 0.262. The number of furan rings is 1. The Morgan fingerprint density at radius 2 is 2.04 bits per heavy atom. The maximum atomic E-state index is 12.2. The van der Waals surface area contributed by atoms with E-state index in [1.54, 1.807) is 18.5 Å². The van der Waals surface area contributed by atoms with Crippen LogP contribution in [0.15, 0.2) is 63.6 Å². The standard InChI is InChI=1S/C17H15N3O2S/c1-23-18-11-12-4-2-6-14(10-12)19-17(21)20-15-7-3-5-13-8-9-22-16(13)15/h2-11H,1H3,(H2,19,20,21). The van der Waals surface area contributed by atoms with Gasteiger partial charge < -0.3 is 15.1 Å². The number of benzene rings is 2. The van der Waals surface area contributed by atoms with E-state index in [9.17, 15) is 4.79 Å². The van der Waals surface area contributed by atoms with Crippen LogP contribution in [-0.2, 0) is 0 Å². The molecule has 0 atom stereocenters. The van der Waals surface area contributed by atoms with E-state index in [0.29, 0.717) is 17.0 Å². The SMILES string of the molecule is CSN=Cc1cccc(NC(=O)Nc2cccc3ccoc23)c1. The first-order chi connectivity index (χ1) is 11.3. The van der Waals surface area contributed by atoms with Gasteiger partial charge in [0.1, 0.15) is 0 Å². The first-order valence-electron chi connectivity index (χ1n) is 6.97. The minimum atomic E-state index is -0.326. The molecule has 2 aromatic carbocycles. The highest BCUT2D eigenvalue weighted by molar-refractivity contribution is 7.97. The van der Waals surface area contributed by atoms with Crippen LogP contribution >= 0.6 is 11.9 Å². The average Bonchev–Trinajstić information content (AvgIpc) is 3.03. The maximum Gasteiger partial charge on any atom is 0.323 e. The molecule has 0 fully saturated rings. The fourth-order valence-corrected chi connectivity index (χ4v) is 2.41. The lowest BCUT2D eigenvalue weighted by atomic mass is 10.2. The Balaban J connectivity index is 1.72. The zero-order chi connectivity index (χ0) is 16.1. The van der Waals surface area contributed by atoms with Crippen molar-refractivity contribution in [2.45, 2.75) is 0 Å². The number of hydrogen-bond acceptors (Lipinski definition) is 4. The summed E-state index contributed by atoms with van der Waals surface area (Å²) in [6, 6.07) is 14.6. The number of carbonyl (C=O) groups excluding carboxylic acids is 1. The lowest BCUT2D eigenvalue weighted by Crippen LogP contribution is -2.19. The van der Waals surface area contributed by atoms with Gasteiger partial charge in [-0.15, -0.1) is 0 Å². The number of hydrogen-bond donors (Lipinski definition) is 2. The van der Waals surface area contributed by atoms with Crippen LogP contribution in [0.2, 0.25) is 0 Å². The summed E-state index contributed by atoms with van der Waals surface area (Å²) in [6.07, 6.45) is 5.24. The van der Waals surface area contributed by atoms with E-state index in [4.69, 9.17) is 4.42 Å². The average molecular weight is 325 g/mol. The maximum absolute atomic E-state index is 12.2. The molecule has 0 aliphatic heterocycles. The van der Waals surface area contributed by atoms with Crippen LogP contribution in [-0.4, -0.2) is 18.5 Å². The summed E-state index contributed by atoms with van der Waals surface area (Å²) in [5.74, 6) is 0. The second kappa shape index (κ2) is 7.02. The topological polar surface area (TPSA) is 66.6 Å². The minimum absolute atomic E-state index is 0.326. The molecule has 0 radical (unpaired) electrons. The van der Waals surface area contributed by atoms with Gasteiger partial charge in [0.05, 0.1) is 12.0 Å². The predicted molar refractivity (Wildman–Crippen MR) is 96.4 cm³/mol. The zero-order valence-electron chi connectivity index (χ0n) is 12.4.